The van der Waals surface area contributed by atoms with Gasteiger partial charge >= 0.3 is 0 Å². The molecule has 0 saturated carbocycles. The number of aromatic nitrogens is 2. The Hall–Kier alpha value is -1.49. The smallest absolute Gasteiger partial charge is 0.122 e. The highest BCUT2D eigenvalue weighted by molar-refractivity contribution is 9.10. The molecule has 0 amide bonds. The van der Waals surface area contributed by atoms with Crippen LogP contribution >= 0.6 is 15.9 Å². The molecule has 0 bridgehead atoms. The van der Waals surface area contributed by atoms with Gasteiger partial charge in [-0.25, -0.2) is 4.98 Å². The molecule has 0 aliphatic carbocycles. The highest BCUT2D eigenvalue weighted by Crippen LogP contribution is 2.27. The topological polar surface area (TPSA) is 36.3 Å². The Bertz CT molecular complexity index is 552. The van der Waals surface area contributed by atoms with Crippen molar-refractivity contribution in [3.05, 3.63) is 40.4 Å². The molecule has 0 aliphatic heterocycles. The van der Waals surface area contributed by atoms with Gasteiger partial charge in [0.2, 0.25) is 0 Å². The van der Waals surface area contributed by atoms with E-state index in [1.54, 1.807) is 20.5 Å². The van der Waals surface area contributed by atoms with E-state index in [0.717, 1.165) is 27.4 Å². The van der Waals surface area contributed by atoms with E-state index < -0.39 is 0 Å². The van der Waals surface area contributed by atoms with Crippen molar-refractivity contribution in [2.24, 2.45) is 7.05 Å². The van der Waals surface area contributed by atoms with Crippen molar-refractivity contribution in [3.63, 3.8) is 0 Å². The van der Waals surface area contributed by atoms with Crippen LogP contribution in [0.2, 0.25) is 0 Å². The van der Waals surface area contributed by atoms with Crippen LogP contribution in [-0.2, 0) is 13.5 Å². The largest absolute Gasteiger partial charge is 0.497 e. The maximum absolute atomic E-state index is 5.36. The SMILES string of the molecule is COc1ccc(OC)c(Cc2ncn(C)c2Br)c1. The summed E-state index contributed by atoms with van der Waals surface area (Å²) in [5.41, 5.74) is 2.03. The van der Waals surface area contributed by atoms with E-state index in [1.807, 2.05) is 29.8 Å². The molecule has 96 valence electrons. The first-order chi connectivity index (χ1) is 8.65. The highest BCUT2D eigenvalue weighted by atomic mass is 79.9. The van der Waals surface area contributed by atoms with Gasteiger partial charge in [-0.15, -0.1) is 0 Å². The summed E-state index contributed by atoms with van der Waals surface area (Å²) in [6.07, 6.45) is 2.48. The normalized spacial score (nSPS) is 10.4. The van der Waals surface area contributed by atoms with Gasteiger partial charge in [-0.1, -0.05) is 0 Å². The summed E-state index contributed by atoms with van der Waals surface area (Å²) in [5.74, 6) is 1.66. The Morgan fingerprint density at radius 2 is 2.06 bits per heavy atom. The van der Waals surface area contributed by atoms with Crippen LogP contribution in [0.1, 0.15) is 11.3 Å². The molecular formula is C13H15BrN2O2. The first-order valence-electron chi connectivity index (χ1n) is 5.52. The van der Waals surface area contributed by atoms with Crippen LogP contribution in [0.4, 0.5) is 0 Å². The van der Waals surface area contributed by atoms with Gasteiger partial charge in [0.05, 0.1) is 26.2 Å². The summed E-state index contributed by atoms with van der Waals surface area (Å²) in [6, 6.07) is 5.76. The zero-order valence-corrected chi connectivity index (χ0v) is 12.2. The molecule has 0 aliphatic rings. The summed E-state index contributed by atoms with van der Waals surface area (Å²) < 4.78 is 13.5. The zero-order valence-electron chi connectivity index (χ0n) is 10.6. The molecule has 2 aromatic rings. The standard InChI is InChI=1S/C13H15BrN2O2/c1-16-8-15-11(13(16)14)7-9-6-10(17-2)4-5-12(9)18-3/h4-6,8H,7H2,1-3H3. The van der Waals surface area contributed by atoms with Crippen molar-refractivity contribution >= 4 is 15.9 Å². The van der Waals surface area contributed by atoms with Gasteiger partial charge in [0, 0.05) is 19.0 Å². The summed E-state index contributed by atoms with van der Waals surface area (Å²) in [4.78, 5) is 4.36. The van der Waals surface area contributed by atoms with Gasteiger partial charge in [0.15, 0.2) is 0 Å². The van der Waals surface area contributed by atoms with E-state index in [4.69, 9.17) is 9.47 Å². The number of hydrogen-bond donors (Lipinski definition) is 0. The number of nitrogens with zero attached hydrogens (tertiary/aromatic N) is 2. The van der Waals surface area contributed by atoms with E-state index in [2.05, 4.69) is 20.9 Å². The van der Waals surface area contributed by atoms with Crippen LogP contribution in [0.25, 0.3) is 0 Å². The molecule has 0 fully saturated rings. The number of halogens is 1. The van der Waals surface area contributed by atoms with Crippen LogP contribution in [0.3, 0.4) is 0 Å². The molecular weight excluding hydrogens is 296 g/mol. The minimum atomic E-state index is 0.696. The Morgan fingerprint density at radius 1 is 1.28 bits per heavy atom. The predicted molar refractivity (Wildman–Crippen MR) is 73.3 cm³/mol. The quantitative estimate of drug-likeness (QED) is 0.871. The first kappa shape index (κ1) is 13.0. The molecule has 1 heterocycles. The number of hydrogen-bond acceptors (Lipinski definition) is 3. The molecule has 1 aromatic heterocycles. The lowest BCUT2D eigenvalue weighted by Crippen LogP contribution is -1.96. The minimum absolute atomic E-state index is 0.696. The lowest BCUT2D eigenvalue weighted by atomic mass is 10.1. The van der Waals surface area contributed by atoms with Crippen LogP contribution in [0, 0.1) is 0 Å². The maximum atomic E-state index is 5.36. The van der Waals surface area contributed by atoms with E-state index in [9.17, 15) is 0 Å². The number of benzene rings is 1. The van der Waals surface area contributed by atoms with Crippen molar-refractivity contribution in [1.29, 1.82) is 0 Å². The summed E-state index contributed by atoms with van der Waals surface area (Å²) in [5, 5.41) is 0. The number of imidazole rings is 1. The van der Waals surface area contributed by atoms with Crippen LogP contribution in [0.15, 0.2) is 29.1 Å². The first-order valence-corrected chi connectivity index (χ1v) is 6.31. The molecule has 0 atom stereocenters. The van der Waals surface area contributed by atoms with Crippen LogP contribution < -0.4 is 9.47 Å². The number of ether oxygens (including phenoxy) is 2. The fraction of sp³-hybridized carbons (Fsp3) is 0.308. The number of methoxy groups -OCH3 is 2. The third-order valence-electron chi connectivity index (χ3n) is 2.78. The Balaban J connectivity index is 2.35. The second-order valence-corrected chi connectivity index (χ2v) is 4.70. The predicted octanol–water partition coefficient (Wildman–Crippen LogP) is 2.79. The van der Waals surface area contributed by atoms with Gasteiger partial charge in [0.1, 0.15) is 16.1 Å². The summed E-state index contributed by atoms with van der Waals surface area (Å²) in [6.45, 7) is 0. The van der Waals surface area contributed by atoms with E-state index >= 15 is 0 Å². The monoisotopic (exact) mass is 310 g/mol. The fourth-order valence-electron chi connectivity index (χ4n) is 1.78. The summed E-state index contributed by atoms with van der Waals surface area (Å²) >= 11 is 3.52. The third-order valence-corrected chi connectivity index (χ3v) is 3.80. The highest BCUT2D eigenvalue weighted by Gasteiger charge is 2.11. The van der Waals surface area contributed by atoms with Gasteiger partial charge in [-0.05, 0) is 34.1 Å². The zero-order chi connectivity index (χ0) is 13.1. The van der Waals surface area contributed by atoms with E-state index in [0.29, 0.717) is 6.42 Å². The van der Waals surface area contributed by atoms with Crippen molar-refractivity contribution < 1.29 is 9.47 Å². The summed E-state index contributed by atoms with van der Waals surface area (Å²) in [7, 11) is 5.27. The van der Waals surface area contributed by atoms with Crippen LogP contribution in [-0.4, -0.2) is 23.8 Å². The minimum Gasteiger partial charge on any atom is -0.497 e. The van der Waals surface area contributed by atoms with Crippen LogP contribution in [0.5, 0.6) is 11.5 Å². The average molecular weight is 311 g/mol. The van der Waals surface area contributed by atoms with E-state index in [1.165, 1.54) is 0 Å². The molecule has 0 unspecified atom stereocenters. The lowest BCUT2D eigenvalue weighted by Gasteiger charge is -2.09. The van der Waals surface area contributed by atoms with Gasteiger partial charge in [-0.2, -0.15) is 0 Å². The number of aryl methyl sites for hydroxylation is 1. The Morgan fingerprint density at radius 3 is 2.61 bits per heavy atom. The second kappa shape index (κ2) is 5.44. The average Bonchev–Trinajstić information content (AvgIpc) is 2.70. The van der Waals surface area contributed by atoms with Crippen molar-refractivity contribution in [2.75, 3.05) is 14.2 Å². The van der Waals surface area contributed by atoms with E-state index in [-0.39, 0.29) is 0 Å². The molecule has 0 spiro atoms. The molecule has 0 radical (unpaired) electrons. The van der Waals surface area contributed by atoms with Gasteiger partial charge < -0.3 is 14.0 Å². The molecule has 0 N–H and O–H groups in total. The van der Waals surface area contributed by atoms with Crippen molar-refractivity contribution in [3.8, 4) is 11.5 Å². The number of rotatable bonds is 4. The fourth-order valence-corrected chi connectivity index (χ4v) is 2.12. The molecule has 4 nitrogen and oxygen atoms in total. The maximum Gasteiger partial charge on any atom is 0.122 e. The van der Waals surface area contributed by atoms with Gasteiger partial charge in [-0.3, -0.25) is 0 Å². The Labute approximate surface area is 115 Å². The molecule has 5 heteroatoms. The Kier molecular flexibility index (Phi) is 3.91. The molecule has 18 heavy (non-hydrogen) atoms. The van der Waals surface area contributed by atoms with Crippen molar-refractivity contribution in [1.82, 2.24) is 9.55 Å². The van der Waals surface area contributed by atoms with Gasteiger partial charge in [0.25, 0.3) is 0 Å². The lowest BCUT2D eigenvalue weighted by molar-refractivity contribution is 0.399. The van der Waals surface area contributed by atoms with Crippen molar-refractivity contribution in [2.45, 2.75) is 6.42 Å². The second-order valence-electron chi connectivity index (χ2n) is 3.95. The molecule has 0 saturated heterocycles. The molecule has 1 aromatic carbocycles. The third kappa shape index (κ3) is 2.51. The molecule has 2 rings (SSSR count).